The summed E-state index contributed by atoms with van der Waals surface area (Å²) in [6.45, 7) is 8.79. The van der Waals surface area contributed by atoms with Crippen LogP contribution in [0.25, 0.3) is 5.57 Å². The topological polar surface area (TPSA) is 9.23 Å². The molecular weight excluding hydrogens is 327 g/mol. The smallest absolute Gasteiger partial charge is 1.00 e. The summed E-state index contributed by atoms with van der Waals surface area (Å²) in [5, 5.41) is 0. The van der Waals surface area contributed by atoms with Crippen molar-refractivity contribution in [2.24, 2.45) is 0 Å². The largest absolute Gasteiger partial charge is 1.00 e. The Hall–Kier alpha value is -0.0457. The van der Waals surface area contributed by atoms with Gasteiger partial charge in [-0.3, -0.25) is 0 Å². The second kappa shape index (κ2) is 8.41. The van der Waals surface area contributed by atoms with E-state index in [4.69, 9.17) is 3.32 Å². The predicted molar refractivity (Wildman–Crippen MR) is 71.5 cm³/mol. The van der Waals surface area contributed by atoms with Crippen LogP contribution in [0.1, 0.15) is 51.3 Å². The Balaban J connectivity index is 0.00000180. The monoisotopic (exact) mass is 345 g/mol. The van der Waals surface area contributed by atoms with Crippen molar-refractivity contribution in [1.29, 1.82) is 0 Å². The summed E-state index contributed by atoms with van der Waals surface area (Å²) in [4.78, 5) is 0. The van der Waals surface area contributed by atoms with Crippen LogP contribution >= 0.6 is 0 Å². The van der Waals surface area contributed by atoms with Crippen LogP contribution in [-0.4, -0.2) is 0 Å². The van der Waals surface area contributed by atoms with Crippen molar-refractivity contribution in [3.05, 3.63) is 52.1 Å². The van der Waals surface area contributed by atoms with Crippen LogP contribution in [0.2, 0.25) is 0 Å². The predicted octanol–water partition coefficient (Wildman–Crippen LogP) is -1.25. The van der Waals surface area contributed by atoms with Crippen LogP contribution in [0.4, 0.5) is 0 Å². The standard InChI is InChI=1S/C16H19O.2ClH.Ti/c1-10-9-16(12(3)11(10)2)15-8-6-5-7-14(15)13(4)17;;;/h5-8,13H,9H2,1-4H3;2*1H;/q-1;;;+3/p-2. The van der Waals surface area contributed by atoms with Crippen LogP contribution in [0.5, 0.6) is 0 Å². The van der Waals surface area contributed by atoms with Gasteiger partial charge in [-0.15, -0.1) is 0 Å². The van der Waals surface area contributed by atoms with E-state index in [1.165, 1.54) is 33.4 Å². The minimum atomic E-state index is 0. The number of halogens is 2. The van der Waals surface area contributed by atoms with Crippen LogP contribution in [0.3, 0.4) is 0 Å². The van der Waals surface area contributed by atoms with Gasteiger partial charge in [0.2, 0.25) is 0 Å². The molecule has 1 aromatic rings. The maximum absolute atomic E-state index is 5.49. The van der Waals surface area contributed by atoms with E-state index in [1.807, 2.05) is 0 Å². The van der Waals surface area contributed by atoms with Crippen molar-refractivity contribution in [3.63, 3.8) is 0 Å². The Morgan fingerprint density at radius 2 is 1.65 bits per heavy atom. The van der Waals surface area contributed by atoms with Gasteiger partial charge in [-0.05, 0) is 0 Å². The average Bonchev–Trinajstić information content (AvgIpc) is 2.65. The molecule has 0 saturated carbocycles. The zero-order valence-corrected chi connectivity index (χ0v) is 15.3. The molecule has 1 aliphatic rings. The summed E-state index contributed by atoms with van der Waals surface area (Å²) < 4.78 is 5.49. The average molecular weight is 346 g/mol. The van der Waals surface area contributed by atoms with E-state index in [9.17, 15) is 0 Å². The molecule has 0 spiro atoms. The molecule has 2 rings (SSSR count). The molecule has 4 heteroatoms. The summed E-state index contributed by atoms with van der Waals surface area (Å²) in [5.74, 6) is 0. The molecule has 107 valence electrons. The van der Waals surface area contributed by atoms with Gasteiger partial charge in [0.05, 0.1) is 0 Å². The summed E-state index contributed by atoms with van der Waals surface area (Å²) >= 11 is 1.77. The number of hydrogen-bond donors (Lipinski definition) is 0. The minimum absolute atomic E-state index is 0. The van der Waals surface area contributed by atoms with Crippen LogP contribution in [-0.2, 0) is 24.1 Å². The summed E-state index contributed by atoms with van der Waals surface area (Å²) in [5.41, 5.74) is 8.47. The first-order chi connectivity index (χ1) is 8.56. The Bertz CT molecular complexity index is 535. The van der Waals surface area contributed by atoms with E-state index in [1.54, 1.807) is 20.8 Å². The maximum atomic E-state index is 5.49. The molecule has 0 aliphatic heterocycles. The molecule has 1 aromatic carbocycles. The molecule has 0 amide bonds. The van der Waals surface area contributed by atoms with Crippen molar-refractivity contribution in [2.45, 2.75) is 40.2 Å². The molecule has 0 saturated heterocycles. The normalized spacial score (nSPS) is 15.9. The van der Waals surface area contributed by atoms with E-state index < -0.39 is 0 Å². The van der Waals surface area contributed by atoms with E-state index in [0.717, 1.165) is 6.42 Å². The van der Waals surface area contributed by atoms with Crippen LogP contribution < -0.4 is 24.8 Å². The van der Waals surface area contributed by atoms with Crippen molar-refractivity contribution in [1.82, 2.24) is 0 Å². The van der Waals surface area contributed by atoms with E-state index in [-0.39, 0.29) is 30.9 Å². The van der Waals surface area contributed by atoms with Gasteiger partial charge in [-0.1, -0.05) is 0 Å². The maximum Gasteiger partial charge on any atom is -1.00 e. The van der Waals surface area contributed by atoms with Gasteiger partial charge >= 0.3 is 122 Å². The van der Waals surface area contributed by atoms with Gasteiger partial charge in [0.1, 0.15) is 0 Å². The Kier molecular flexibility index (Phi) is 8.39. The number of allylic oxidation sites excluding steroid dienone is 4. The third-order valence-corrected chi connectivity index (χ3v) is 4.55. The molecule has 0 aromatic heterocycles. The molecule has 20 heavy (non-hydrogen) atoms. The van der Waals surface area contributed by atoms with Gasteiger partial charge in [0, 0.05) is 0 Å². The van der Waals surface area contributed by atoms with Crippen LogP contribution in [0.15, 0.2) is 41.0 Å². The Morgan fingerprint density at radius 1 is 1.05 bits per heavy atom. The minimum Gasteiger partial charge on any atom is -1.00 e. The SMILES string of the molecule is CC1=C(C)C(C)=C(c2ccccc2C(C)[O][Ti+2])C1.[Cl-].[Cl-]. The summed E-state index contributed by atoms with van der Waals surface area (Å²) in [6, 6.07) is 8.60. The molecule has 1 aliphatic carbocycles. The van der Waals surface area contributed by atoms with Crippen molar-refractivity contribution < 1.29 is 49.0 Å². The number of rotatable bonds is 3. The number of benzene rings is 1. The third-order valence-electron chi connectivity index (χ3n) is 4.00. The molecule has 0 bridgehead atoms. The van der Waals surface area contributed by atoms with Gasteiger partial charge < -0.3 is 24.8 Å². The molecule has 0 radical (unpaired) electrons. The zero-order valence-electron chi connectivity index (χ0n) is 12.3. The summed E-state index contributed by atoms with van der Waals surface area (Å²) in [6.07, 6.45) is 1.22. The zero-order chi connectivity index (χ0) is 13.3. The van der Waals surface area contributed by atoms with E-state index in [0.29, 0.717) is 0 Å². The Morgan fingerprint density at radius 3 is 2.15 bits per heavy atom. The fraction of sp³-hybridized carbons (Fsp3) is 0.375. The third kappa shape index (κ3) is 3.78. The molecule has 1 unspecified atom stereocenters. The van der Waals surface area contributed by atoms with Crippen LogP contribution in [0, 0.1) is 0 Å². The van der Waals surface area contributed by atoms with E-state index in [2.05, 4.69) is 52.0 Å². The van der Waals surface area contributed by atoms with Crippen molar-refractivity contribution >= 4 is 5.57 Å². The Labute approximate surface area is 146 Å². The van der Waals surface area contributed by atoms with Gasteiger partial charge in [0.15, 0.2) is 0 Å². The fourth-order valence-electron chi connectivity index (χ4n) is 2.56. The molecular formula is C16H19Cl2OTi. The van der Waals surface area contributed by atoms with Gasteiger partial charge in [0.25, 0.3) is 0 Å². The molecule has 0 N–H and O–H groups in total. The first kappa shape index (κ1) is 20.0. The summed E-state index contributed by atoms with van der Waals surface area (Å²) in [7, 11) is 0. The molecule has 1 nitrogen and oxygen atoms in total. The second-order valence-electron chi connectivity index (χ2n) is 5.03. The second-order valence-corrected chi connectivity index (χ2v) is 5.40. The van der Waals surface area contributed by atoms with Crippen molar-refractivity contribution in [2.75, 3.05) is 0 Å². The van der Waals surface area contributed by atoms with Crippen molar-refractivity contribution in [3.8, 4) is 0 Å². The molecule has 0 heterocycles. The molecule has 1 atom stereocenters. The first-order valence-corrected chi connectivity index (χ1v) is 6.98. The van der Waals surface area contributed by atoms with E-state index >= 15 is 0 Å². The number of hydrogen-bond acceptors (Lipinski definition) is 1. The molecule has 0 fully saturated rings. The van der Waals surface area contributed by atoms with Gasteiger partial charge in [-0.2, -0.15) is 0 Å². The first-order valence-electron chi connectivity index (χ1n) is 6.34. The fourth-order valence-corrected chi connectivity index (χ4v) is 2.76. The van der Waals surface area contributed by atoms with Gasteiger partial charge in [-0.25, -0.2) is 0 Å². The quantitative estimate of drug-likeness (QED) is 0.622.